The third-order valence-corrected chi connectivity index (χ3v) is 4.38. The summed E-state index contributed by atoms with van der Waals surface area (Å²) in [5.74, 6) is 0.641. The zero-order valence-corrected chi connectivity index (χ0v) is 10.6. The second kappa shape index (κ2) is 4.39. The van der Waals surface area contributed by atoms with Crippen molar-refractivity contribution in [2.75, 3.05) is 6.54 Å². The van der Waals surface area contributed by atoms with Crippen LogP contribution in [0.2, 0.25) is 0 Å². The first-order valence-corrected chi connectivity index (χ1v) is 6.79. The van der Waals surface area contributed by atoms with Gasteiger partial charge >= 0.3 is 0 Å². The molecule has 3 rings (SSSR count). The fourth-order valence-electron chi connectivity index (χ4n) is 2.83. The van der Waals surface area contributed by atoms with Crippen LogP contribution in [0.25, 0.3) is 0 Å². The molecule has 2 fully saturated rings. The Morgan fingerprint density at radius 2 is 1.94 bits per heavy atom. The molecular weight excluding hydrogens is 224 g/mol. The smallest absolute Gasteiger partial charge is 0.248 e. The molecule has 3 nitrogen and oxygen atoms in total. The molecule has 0 aliphatic heterocycles. The van der Waals surface area contributed by atoms with Crippen molar-refractivity contribution in [1.29, 1.82) is 0 Å². The third kappa shape index (κ3) is 2.41. The van der Waals surface area contributed by atoms with Gasteiger partial charge in [0.05, 0.1) is 0 Å². The zero-order chi connectivity index (χ0) is 12.6. The van der Waals surface area contributed by atoms with E-state index >= 15 is 0 Å². The maximum absolute atomic E-state index is 11.0. The lowest BCUT2D eigenvalue weighted by molar-refractivity contribution is 0.100. The van der Waals surface area contributed by atoms with Gasteiger partial charge in [0.15, 0.2) is 0 Å². The van der Waals surface area contributed by atoms with Gasteiger partial charge in [-0.05, 0) is 54.7 Å². The summed E-state index contributed by atoms with van der Waals surface area (Å²) in [7, 11) is 0. The summed E-state index contributed by atoms with van der Waals surface area (Å²) in [4.78, 5) is 11.0. The van der Waals surface area contributed by atoms with Crippen LogP contribution >= 0.6 is 0 Å². The molecule has 0 atom stereocenters. The Morgan fingerprint density at radius 1 is 1.28 bits per heavy atom. The van der Waals surface area contributed by atoms with Crippen molar-refractivity contribution in [3.05, 3.63) is 35.4 Å². The maximum atomic E-state index is 11.0. The summed E-state index contributed by atoms with van der Waals surface area (Å²) >= 11 is 0. The normalized spacial score (nSPS) is 20.7. The summed E-state index contributed by atoms with van der Waals surface area (Å²) in [5, 5.41) is 3.56. The van der Waals surface area contributed by atoms with Gasteiger partial charge in [0.2, 0.25) is 5.91 Å². The minimum Gasteiger partial charge on any atom is -0.366 e. The Labute approximate surface area is 108 Å². The van der Waals surface area contributed by atoms with Gasteiger partial charge in [0, 0.05) is 18.7 Å². The van der Waals surface area contributed by atoms with E-state index in [1.807, 2.05) is 12.1 Å². The van der Waals surface area contributed by atoms with Crippen LogP contribution in [-0.4, -0.2) is 12.5 Å². The number of rotatable bonds is 6. The molecule has 3 N–H and O–H groups in total. The standard InChI is InChI=1S/C15H20N2O/c16-14(18)12-3-1-11(2-4-12)9-17-10-15(7-8-15)13-5-6-13/h1-4,13,17H,5-10H2,(H2,16,18). The van der Waals surface area contributed by atoms with Crippen LogP contribution in [0.4, 0.5) is 0 Å². The Hall–Kier alpha value is -1.35. The lowest BCUT2D eigenvalue weighted by atomic mass is 10.0. The van der Waals surface area contributed by atoms with Crippen molar-refractivity contribution >= 4 is 5.91 Å². The van der Waals surface area contributed by atoms with Crippen molar-refractivity contribution in [3.8, 4) is 0 Å². The number of nitrogens with one attached hydrogen (secondary N) is 1. The minimum absolute atomic E-state index is 0.361. The quantitative estimate of drug-likeness (QED) is 0.805. The van der Waals surface area contributed by atoms with E-state index in [0.717, 1.165) is 19.0 Å². The average molecular weight is 244 g/mol. The van der Waals surface area contributed by atoms with Crippen molar-refractivity contribution in [1.82, 2.24) is 5.32 Å². The average Bonchev–Trinajstić information content (AvgIpc) is 3.23. The molecular formula is C15H20N2O. The highest BCUT2D eigenvalue weighted by molar-refractivity contribution is 5.92. The Balaban J connectivity index is 1.49. The molecule has 0 bridgehead atoms. The van der Waals surface area contributed by atoms with Gasteiger partial charge in [-0.15, -0.1) is 0 Å². The van der Waals surface area contributed by atoms with E-state index in [1.54, 1.807) is 12.1 Å². The second-order valence-electron chi connectivity index (χ2n) is 5.80. The highest BCUT2D eigenvalue weighted by Crippen LogP contribution is 2.60. The maximum Gasteiger partial charge on any atom is 0.248 e. The van der Waals surface area contributed by atoms with Gasteiger partial charge in [-0.3, -0.25) is 4.79 Å². The Bertz CT molecular complexity index is 444. The fraction of sp³-hybridized carbons (Fsp3) is 0.533. The summed E-state index contributed by atoms with van der Waals surface area (Å²) in [6, 6.07) is 7.55. The summed E-state index contributed by atoms with van der Waals surface area (Å²) in [6.07, 6.45) is 5.69. The van der Waals surface area contributed by atoms with Crippen molar-refractivity contribution in [2.24, 2.45) is 17.1 Å². The van der Waals surface area contributed by atoms with E-state index in [1.165, 1.54) is 31.2 Å². The van der Waals surface area contributed by atoms with Crippen LogP contribution in [-0.2, 0) is 6.54 Å². The van der Waals surface area contributed by atoms with Crippen LogP contribution < -0.4 is 11.1 Å². The predicted octanol–water partition coefficient (Wildman–Crippen LogP) is 2.07. The first kappa shape index (κ1) is 11.7. The number of primary amides is 1. The number of benzene rings is 1. The van der Waals surface area contributed by atoms with Gasteiger partial charge in [0.25, 0.3) is 0 Å². The number of amides is 1. The van der Waals surface area contributed by atoms with E-state index in [-0.39, 0.29) is 5.91 Å². The van der Waals surface area contributed by atoms with E-state index in [4.69, 9.17) is 5.73 Å². The lowest BCUT2D eigenvalue weighted by Crippen LogP contribution is -2.25. The van der Waals surface area contributed by atoms with Crippen LogP contribution in [0.5, 0.6) is 0 Å². The SMILES string of the molecule is NC(=O)c1ccc(CNCC2(C3CC3)CC2)cc1. The highest BCUT2D eigenvalue weighted by atomic mass is 16.1. The monoisotopic (exact) mass is 244 g/mol. The van der Waals surface area contributed by atoms with Crippen molar-refractivity contribution < 1.29 is 4.79 Å². The predicted molar refractivity (Wildman–Crippen MR) is 71.1 cm³/mol. The van der Waals surface area contributed by atoms with Gasteiger partial charge < -0.3 is 11.1 Å². The molecule has 2 aliphatic rings. The number of carbonyl (C=O) groups is 1. The third-order valence-electron chi connectivity index (χ3n) is 4.38. The number of nitrogens with two attached hydrogens (primary N) is 1. The highest BCUT2D eigenvalue weighted by Gasteiger charge is 2.53. The lowest BCUT2D eigenvalue weighted by Gasteiger charge is -2.15. The molecule has 3 heteroatoms. The second-order valence-corrected chi connectivity index (χ2v) is 5.80. The molecule has 18 heavy (non-hydrogen) atoms. The molecule has 1 amide bonds. The van der Waals surface area contributed by atoms with Crippen LogP contribution in [0, 0.1) is 11.3 Å². The Kier molecular flexibility index (Phi) is 2.86. The molecule has 0 heterocycles. The Morgan fingerprint density at radius 3 is 2.44 bits per heavy atom. The molecule has 0 unspecified atom stereocenters. The van der Waals surface area contributed by atoms with E-state index < -0.39 is 0 Å². The van der Waals surface area contributed by atoms with Gasteiger partial charge in [-0.2, -0.15) is 0 Å². The molecule has 2 aliphatic carbocycles. The van der Waals surface area contributed by atoms with E-state index in [2.05, 4.69) is 5.32 Å². The van der Waals surface area contributed by atoms with E-state index in [0.29, 0.717) is 11.0 Å². The van der Waals surface area contributed by atoms with Crippen molar-refractivity contribution in [3.63, 3.8) is 0 Å². The molecule has 96 valence electrons. The summed E-state index contributed by atoms with van der Waals surface area (Å²) in [5.41, 5.74) is 7.65. The molecule has 0 radical (unpaired) electrons. The van der Waals surface area contributed by atoms with Gasteiger partial charge in [0.1, 0.15) is 0 Å². The first-order chi connectivity index (χ1) is 8.70. The van der Waals surface area contributed by atoms with Gasteiger partial charge in [-0.25, -0.2) is 0 Å². The largest absolute Gasteiger partial charge is 0.366 e. The van der Waals surface area contributed by atoms with Gasteiger partial charge in [-0.1, -0.05) is 12.1 Å². The molecule has 2 saturated carbocycles. The first-order valence-electron chi connectivity index (χ1n) is 6.79. The van der Waals surface area contributed by atoms with Crippen LogP contribution in [0.1, 0.15) is 41.6 Å². The summed E-state index contributed by atoms with van der Waals surface area (Å²) < 4.78 is 0. The number of hydrogen-bond donors (Lipinski definition) is 2. The minimum atomic E-state index is -0.361. The summed E-state index contributed by atoms with van der Waals surface area (Å²) in [6.45, 7) is 2.03. The fourth-order valence-corrected chi connectivity index (χ4v) is 2.83. The number of hydrogen-bond acceptors (Lipinski definition) is 2. The zero-order valence-electron chi connectivity index (χ0n) is 10.6. The number of carbonyl (C=O) groups excluding carboxylic acids is 1. The molecule has 1 aromatic carbocycles. The topological polar surface area (TPSA) is 55.1 Å². The van der Waals surface area contributed by atoms with E-state index in [9.17, 15) is 4.79 Å². The molecule has 0 spiro atoms. The van der Waals surface area contributed by atoms with Crippen LogP contribution in [0.3, 0.4) is 0 Å². The van der Waals surface area contributed by atoms with Crippen molar-refractivity contribution in [2.45, 2.75) is 32.2 Å². The molecule has 1 aromatic rings. The van der Waals surface area contributed by atoms with Crippen LogP contribution in [0.15, 0.2) is 24.3 Å². The molecule has 0 saturated heterocycles. The molecule has 0 aromatic heterocycles.